The van der Waals surface area contributed by atoms with E-state index in [1.165, 1.54) is 23.4 Å². The van der Waals surface area contributed by atoms with E-state index >= 15 is 0 Å². The SMILES string of the molecule is Cc1c(COCc2ccc(F)cc2)ccn1Cc1ccc(Cl)cc1.Cl. The zero-order chi connectivity index (χ0) is 16.9. The summed E-state index contributed by atoms with van der Waals surface area (Å²) in [5.74, 6) is -0.228. The van der Waals surface area contributed by atoms with Gasteiger partial charge in [0.15, 0.2) is 0 Å². The van der Waals surface area contributed by atoms with Crippen LogP contribution in [-0.2, 0) is 24.5 Å². The van der Waals surface area contributed by atoms with Crippen molar-refractivity contribution in [2.45, 2.75) is 26.7 Å². The smallest absolute Gasteiger partial charge is 0.123 e. The van der Waals surface area contributed by atoms with Gasteiger partial charge < -0.3 is 9.30 Å². The lowest BCUT2D eigenvalue weighted by Crippen LogP contribution is -2.02. The summed E-state index contributed by atoms with van der Waals surface area (Å²) in [6, 6.07) is 16.3. The van der Waals surface area contributed by atoms with Gasteiger partial charge in [-0.1, -0.05) is 35.9 Å². The lowest BCUT2D eigenvalue weighted by Gasteiger charge is -2.09. The number of rotatable bonds is 6. The number of nitrogens with zero attached hydrogens (tertiary/aromatic N) is 1. The molecule has 0 N–H and O–H groups in total. The number of benzene rings is 2. The fraction of sp³-hybridized carbons (Fsp3) is 0.200. The molecule has 0 aliphatic heterocycles. The monoisotopic (exact) mass is 379 g/mol. The lowest BCUT2D eigenvalue weighted by atomic mass is 10.2. The number of ether oxygens (including phenoxy) is 1. The third-order valence-electron chi connectivity index (χ3n) is 4.06. The maximum absolute atomic E-state index is 12.9. The molecule has 0 bridgehead atoms. The van der Waals surface area contributed by atoms with Crippen LogP contribution < -0.4 is 0 Å². The number of aromatic nitrogens is 1. The zero-order valence-electron chi connectivity index (χ0n) is 13.9. The van der Waals surface area contributed by atoms with E-state index in [0.29, 0.717) is 13.2 Å². The van der Waals surface area contributed by atoms with Gasteiger partial charge in [-0.15, -0.1) is 12.4 Å². The van der Waals surface area contributed by atoms with Crippen LogP contribution in [0.25, 0.3) is 0 Å². The highest BCUT2D eigenvalue weighted by Gasteiger charge is 2.06. The van der Waals surface area contributed by atoms with E-state index in [4.69, 9.17) is 16.3 Å². The summed E-state index contributed by atoms with van der Waals surface area (Å²) < 4.78 is 20.8. The van der Waals surface area contributed by atoms with E-state index in [2.05, 4.69) is 23.8 Å². The van der Waals surface area contributed by atoms with Gasteiger partial charge >= 0.3 is 0 Å². The average molecular weight is 380 g/mol. The van der Waals surface area contributed by atoms with E-state index < -0.39 is 0 Å². The molecule has 0 amide bonds. The highest BCUT2D eigenvalue weighted by molar-refractivity contribution is 6.30. The predicted octanol–water partition coefficient (Wildman–Crippen LogP) is 5.78. The largest absolute Gasteiger partial charge is 0.372 e. The van der Waals surface area contributed by atoms with Gasteiger partial charge in [-0.3, -0.25) is 0 Å². The van der Waals surface area contributed by atoms with Crippen LogP contribution in [-0.4, -0.2) is 4.57 Å². The first-order chi connectivity index (χ1) is 11.6. The molecule has 2 nitrogen and oxygen atoms in total. The van der Waals surface area contributed by atoms with Crippen LogP contribution in [0, 0.1) is 12.7 Å². The quantitative estimate of drug-likeness (QED) is 0.529. The number of hydrogen-bond donors (Lipinski definition) is 0. The molecular weight excluding hydrogens is 360 g/mol. The Morgan fingerprint density at radius 2 is 1.56 bits per heavy atom. The minimum Gasteiger partial charge on any atom is -0.372 e. The molecule has 0 unspecified atom stereocenters. The van der Waals surface area contributed by atoms with Crippen LogP contribution in [0.1, 0.15) is 22.4 Å². The van der Waals surface area contributed by atoms with Crippen molar-refractivity contribution in [3.63, 3.8) is 0 Å². The van der Waals surface area contributed by atoms with Crippen LogP contribution in [0.4, 0.5) is 4.39 Å². The molecule has 0 aliphatic carbocycles. The van der Waals surface area contributed by atoms with Gasteiger partial charge in [-0.05, 0) is 53.9 Å². The van der Waals surface area contributed by atoms with Crippen LogP contribution in [0.5, 0.6) is 0 Å². The van der Waals surface area contributed by atoms with Crippen molar-refractivity contribution in [1.82, 2.24) is 4.57 Å². The molecule has 0 saturated heterocycles. The molecule has 0 saturated carbocycles. The predicted molar refractivity (Wildman–Crippen MR) is 102 cm³/mol. The Balaban J connectivity index is 0.00000225. The summed E-state index contributed by atoms with van der Waals surface area (Å²) in [5.41, 5.74) is 4.52. The van der Waals surface area contributed by atoms with Crippen molar-refractivity contribution in [2.24, 2.45) is 0 Å². The van der Waals surface area contributed by atoms with E-state index in [1.54, 1.807) is 12.1 Å². The highest BCUT2D eigenvalue weighted by atomic mass is 35.5. The second-order valence-corrected chi connectivity index (χ2v) is 6.24. The van der Waals surface area contributed by atoms with Crippen LogP contribution in [0.15, 0.2) is 60.8 Å². The molecule has 0 atom stereocenters. The normalized spacial score (nSPS) is 10.5. The second kappa shape index (κ2) is 9.04. The molecule has 132 valence electrons. The molecule has 0 radical (unpaired) electrons. The van der Waals surface area contributed by atoms with Crippen molar-refractivity contribution in [3.8, 4) is 0 Å². The van der Waals surface area contributed by atoms with E-state index in [9.17, 15) is 4.39 Å². The summed E-state index contributed by atoms with van der Waals surface area (Å²) in [5, 5.41) is 0.748. The molecule has 0 fully saturated rings. The zero-order valence-corrected chi connectivity index (χ0v) is 15.5. The maximum atomic E-state index is 12.9. The molecule has 2 aromatic carbocycles. The molecule has 1 heterocycles. The minimum atomic E-state index is -0.228. The van der Waals surface area contributed by atoms with E-state index in [-0.39, 0.29) is 18.2 Å². The van der Waals surface area contributed by atoms with Gasteiger partial charge in [-0.2, -0.15) is 0 Å². The van der Waals surface area contributed by atoms with Gasteiger partial charge in [-0.25, -0.2) is 4.39 Å². The Morgan fingerprint density at radius 1 is 0.920 bits per heavy atom. The van der Waals surface area contributed by atoms with Crippen molar-refractivity contribution in [1.29, 1.82) is 0 Å². The first kappa shape index (κ1) is 19.5. The molecule has 3 rings (SSSR count). The Bertz CT molecular complexity index is 798. The standard InChI is InChI=1S/C20H19ClFNO.ClH/c1-15-18(14-24-13-17-4-8-20(22)9-5-17)10-11-23(15)12-16-2-6-19(21)7-3-16;/h2-11H,12-14H2,1H3;1H. The molecule has 0 aliphatic rings. The van der Waals surface area contributed by atoms with E-state index in [0.717, 1.165) is 22.7 Å². The summed E-state index contributed by atoms with van der Waals surface area (Å²) in [4.78, 5) is 0. The average Bonchev–Trinajstić information content (AvgIpc) is 2.92. The minimum absolute atomic E-state index is 0. The third-order valence-corrected chi connectivity index (χ3v) is 4.31. The molecule has 3 aromatic rings. The van der Waals surface area contributed by atoms with Crippen molar-refractivity contribution < 1.29 is 9.13 Å². The summed E-state index contributed by atoms with van der Waals surface area (Å²) in [6.07, 6.45) is 2.07. The van der Waals surface area contributed by atoms with Gasteiger partial charge in [0.05, 0.1) is 13.2 Å². The van der Waals surface area contributed by atoms with Crippen LogP contribution in [0.3, 0.4) is 0 Å². The first-order valence-electron chi connectivity index (χ1n) is 7.83. The molecule has 5 heteroatoms. The fourth-order valence-electron chi connectivity index (χ4n) is 2.57. The van der Waals surface area contributed by atoms with Crippen molar-refractivity contribution in [3.05, 3.63) is 94.0 Å². The fourth-order valence-corrected chi connectivity index (χ4v) is 2.69. The first-order valence-corrected chi connectivity index (χ1v) is 8.21. The van der Waals surface area contributed by atoms with Crippen molar-refractivity contribution >= 4 is 24.0 Å². The second-order valence-electron chi connectivity index (χ2n) is 5.80. The van der Waals surface area contributed by atoms with Gasteiger partial charge in [0, 0.05) is 23.5 Å². The van der Waals surface area contributed by atoms with Gasteiger partial charge in [0.25, 0.3) is 0 Å². The summed E-state index contributed by atoms with van der Waals surface area (Å²) >= 11 is 5.92. The summed E-state index contributed by atoms with van der Waals surface area (Å²) in [6.45, 7) is 3.91. The Morgan fingerprint density at radius 3 is 2.24 bits per heavy atom. The van der Waals surface area contributed by atoms with Gasteiger partial charge in [0.2, 0.25) is 0 Å². The topological polar surface area (TPSA) is 14.2 Å². The summed E-state index contributed by atoms with van der Waals surface area (Å²) in [7, 11) is 0. The van der Waals surface area contributed by atoms with Gasteiger partial charge in [0.1, 0.15) is 5.82 Å². The Hall–Kier alpha value is -1.81. The maximum Gasteiger partial charge on any atom is 0.123 e. The van der Waals surface area contributed by atoms with E-state index in [1.807, 2.05) is 24.3 Å². The number of hydrogen-bond acceptors (Lipinski definition) is 1. The lowest BCUT2D eigenvalue weighted by molar-refractivity contribution is 0.106. The molecule has 0 spiro atoms. The molecular formula is C20H20Cl2FNO. The van der Waals surface area contributed by atoms with Crippen molar-refractivity contribution in [2.75, 3.05) is 0 Å². The molecule has 1 aromatic heterocycles. The highest BCUT2D eigenvalue weighted by Crippen LogP contribution is 2.16. The third kappa shape index (κ3) is 5.33. The Labute approximate surface area is 158 Å². The molecule has 25 heavy (non-hydrogen) atoms. The van der Waals surface area contributed by atoms with Crippen LogP contribution >= 0.6 is 24.0 Å². The number of halogens is 3. The van der Waals surface area contributed by atoms with Crippen LogP contribution in [0.2, 0.25) is 5.02 Å². The Kier molecular flexibility index (Phi) is 7.06.